The van der Waals surface area contributed by atoms with Gasteiger partial charge in [-0.2, -0.15) is 5.10 Å². The average molecular weight is 224 g/mol. The Balaban J connectivity index is 2.47. The maximum atomic E-state index is 4.27. The van der Waals surface area contributed by atoms with Gasteiger partial charge in [0.05, 0.1) is 0 Å². The first-order valence-corrected chi connectivity index (χ1v) is 6.00. The van der Waals surface area contributed by atoms with Gasteiger partial charge in [-0.3, -0.25) is 4.68 Å². The van der Waals surface area contributed by atoms with Gasteiger partial charge in [0.15, 0.2) is 0 Å². The topological polar surface area (TPSA) is 42.7 Å². The Morgan fingerprint density at radius 3 is 2.56 bits per heavy atom. The molecule has 0 fully saturated rings. The summed E-state index contributed by atoms with van der Waals surface area (Å²) in [6.45, 7) is 9.85. The fourth-order valence-electron chi connectivity index (χ4n) is 1.57. The van der Waals surface area contributed by atoms with E-state index in [1.54, 1.807) is 6.33 Å². The molecule has 1 unspecified atom stereocenters. The summed E-state index contributed by atoms with van der Waals surface area (Å²) >= 11 is 0. The summed E-state index contributed by atoms with van der Waals surface area (Å²) in [7, 11) is 1.95. The number of aromatic nitrogens is 3. The van der Waals surface area contributed by atoms with Crippen molar-refractivity contribution < 1.29 is 0 Å². The molecule has 1 aromatic rings. The zero-order valence-corrected chi connectivity index (χ0v) is 11.1. The molecule has 16 heavy (non-hydrogen) atoms. The van der Waals surface area contributed by atoms with E-state index in [1.807, 2.05) is 11.7 Å². The molecule has 4 heteroatoms. The van der Waals surface area contributed by atoms with Gasteiger partial charge in [-0.15, -0.1) is 0 Å². The first-order valence-electron chi connectivity index (χ1n) is 6.00. The number of aryl methyl sites for hydroxylation is 1. The van der Waals surface area contributed by atoms with Crippen molar-refractivity contribution in [3.05, 3.63) is 12.2 Å². The molecule has 1 heterocycles. The van der Waals surface area contributed by atoms with Crippen LogP contribution in [0.5, 0.6) is 0 Å². The number of hydrogen-bond donors (Lipinski definition) is 1. The molecule has 4 nitrogen and oxygen atoms in total. The Labute approximate surface area is 98.5 Å². The minimum atomic E-state index is 0.188. The molecule has 1 atom stereocenters. The lowest BCUT2D eigenvalue weighted by Gasteiger charge is -2.24. The van der Waals surface area contributed by atoms with E-state index in [9.17, 15) is 0 Å². The third-order valence-corrected chi connectivity index (χ3v) is 2.77. The third kappa shape index (κ3) is 4.31. The van der Waals surface area contributed by atoms with Crippen LogP contribution in [0.4, 0.5) is 0 Å². The van der Waals surface area contributed by atoms with Gasteiger partial charge in [-0.25, -0.2) is 4.98 Å². The van der Waals surface area contributed by atoms with E-state index in [2.05, 4.69) is 43.1 Å². The van der Waals surface area contributed by atoms with Gasteiger partial charge in [0.25, 0.3) is 0 Å². The van der Waals surface area contributed by atoms with Gasteiger partial charge >= 0.3 is 0 Å². The van der Waals surface area contributed by atoms with Crippen LogP contribution in [-0.2, 0) is 13.5 Å². The average Bonchev–Trinajstić information content (AvgIpc) is 2.57. The van der Waals surface area contributed by atoms with E-state index in [0.29, 0.717) is 5.92 Å². The van der Waals surface area contributed by atoms with E-state index in [0.717, 1.165) is 25.2 Å². The summed E-state index contributed by atoms with van der Waals surface area (Å²) < 4.78 is 1.86. The lowest BCUT2D eigenvalue weighted by molar-refractivity contribution is 0.357. The van der Waals surface area contributed by atoms with Gasteiger partial charge in [-0.1, -0.05) is 13.3 Å². The zero-order valence-electron chi connectivity index (χ0n) is 11.1. The van der Waals surface area contributed by atoms with Crippen LogP contribution in [-0.4, -0.2) is 26.8 Å². The van der Waals surface area contributed by atoms with Gasteiger partial charge in [0.1, 0.15) is 12.2 Å². The van der Waals surface area contributed by atoms with Crippen LogP contribution in [0.15, 0.2) is 6.33 Å². The summed E-state index contributed by atoms with van der Waals surface area (Å²) in [5.74, 6) is 1.70. The second kappa shape index (κ2) is 5.43. The lowest BCUT2D eigenvalue weighted by atomic mass is 10.00. The Kier molecular flexibility index (Phi) is 4.47. The first kappa shape index (κ1) is 13.2. The van der Waals surface area contributed by atoms with Crippen LogP contribution in [0.25, 0.3) is 0 Å². The summed E-state index contributed by atoms with van der Waals surface area (Å²) in [5, 5.41) is 7.65. The molecule has 0 saturated carbocycles. The Morgan fingerprint density at radius 1 is 1.44 bits per heavy atom. The van der Waals surface area contributed by atoms with Crippen molar-refractivity contribution in [2.45, 2.75) is 46.1 Å². The highest BCUT2D eigenvalue weighted by Gasteiger charge is 2.15. The molecule has 92 valence electrons. The van der Waals surface area contributed by atoms with Crippen molar-refractivity contribution in [2.75, 3.05) is 6.54 Å². The molecule has 0 aromatic carbocycles. The molecule has 0 aliphatic carbocycles. The maximum Gasteiger partial charge on any atom is 0.138 e. The summed E-state index contributed by atoms with van der Waals surface area (Å²) in [4.78, 5) is 4.27. The number of hydrogen-bond acceptors (Lipinski definition) is 3. The van der Waals surface area contributed by atoms with E-state index < -0.39 is 0 Å². The highest BCUT2D eigenvalue weighted by molar-refractivity contribution is 4.87. The van der Waals surface area contributed by atoms with Crippen LogP contribution < -0.4 is 5.32 Å². The van der Waals surface area contributed by atoms with E-state index >= 15 is 0 Å². The standard InChI is InChI=1S/C12H24N4/c1-6-10(8-14-12(2,3)4)7-11-13-9-15-16(11)5/h9-10,14H,6-8H2,1-5H3. The van der Waals surface area contributed by atoms with Crippen molar-refractivity contribution >= 4 is 0 Å². The highest BCUT2D eigenvalue weighted by atomic mass is 15.3. The fourth-order valence-corrected chi connectivity index (χ4v) is 1.57. The normalized spacial score (nSPS) is 14.1. The van der Waals surface area contributed by atoms with Crippen LogP contribution >= 0.6 is 0 Å². The Bertz CT molecular complexity index is 311. The predicted octanol–water partition coefficient (Wildman–Crippen LogP) is 1.77. The first-order chi connectivity index (χ1) is 7.42. The molecule has 1 aromatic heterocycles. The third-order valence-electron chi connectivity index (χ3n) is 2.77. The van der Waals surface area contributed by atoms with Gasteiger partial charge in [0.2, 0.25) is 0 Å². The summed E-state index contributed by atoms with van der Waals surface area (Å²) in [6.07, 6.45) is 3.78. The summed E-state index contributed by atoms with van der Waals surface area (Å²) in [5.41, 5.74) is 0.188. The molecule has 1 N–H and O–H groups in total. The van der Waals surface area contributed by atoms with E-state index in [-0.39, 0.29) is 5.54 Å². The molecule has 0 aliphatic rings. The Morgan fingerprint density at radius 2 is 2.12 bits per heavy atom. The zero-order chi connectivity index (χ0) is 12.2. The van der Waals surface area contributed by atoms with Crippen molar-refractivity contribution in [1.29, 1.82) is 0 Å². The van der Waals surface area contributed by atoms with Gasteiger partial charge in [0, 0.05) is 19.0 Å². The van der Waals surface area contributed by atoms with E-state index in [1.165, 1.54) is 0 Å². The van der Waals surface area contributed by atoms with Crippen LogP contribution in [0.2, 0.25) is 0 Å². The molecule has 0 saturated heterocycles. The Hall–Kier alpha value is -0.900. The quantitative estimate of drug-likeness (QED) is 0.829. The molecule has 1 rings (SSSR count). The highest BCUT2D eigenvalue weighted by Crippen LogP contribution is 2.10. The molecule has 0 radical (unpaired) electrons. The van der Waals surface area contributed by atoms with Gasteiger partial charge < -0.3 is 5.32 Å². The number of rotatable bonds is 5. The van der Waals surface area contributed by atoms with Crippen molar-refractivity contribution in [2.24, 2.45) is 13.0 Å². The fraction of sp³-hybridized carbons (Fsp3) is 0.833. The second-order valence-corrected chi connectivity index (χ2v) is 5.41. The second-order valence-electron chi connectivity index (χ2n) is 5.41. The number of nitrogens with one attached hydrogen (secondary N) is 1. The largest absolute Gasteiger partial charge is 0.312 e. The van der Waals surface area contributed by atoms with Crippen LogP contribution in [0.1, 0.15) is 39.9 Å². The molecule has 0 bridgehead atoms. The van der Waals surface area contributed by atoms with Crippen molar-refractivity contribution in [1.82, 2.24) is 20.1 Å². The molecular weight excluding hydrogens is 200 g/mol. The van der Waals surface area contributed by atoms with Crippen molar-refractivity contribution in [3.63, 3.8) is 0 Å². The smallest absolute Gasteiger partial charge is 0.138 e. The molecular formula is C12H24N4. The van der Waals surface area contributed by atoms with Crippen LogP contribution in [0.3, 0.4) is 0 Å². The van der Waals surface area contributed by atoms with Crippen LogP contribution in [0, 0.1) is 5.92 Å². The van der Waals surface area contributed by atoms with Crippen molar-refractivity contribution in [3.8, 4) is 0 Å². The summed E-state index contributed by atoms with van der Waals surface area (Å²) in [6, 6.07) is 0. The van der Waals surface area contributed by atoms with Gasteiger partial charge in [-0.05, 0) is 33.2 Å². The minimum Gasteiger partial charge on any atom is -0.312 e. The molecule has 0 amide bonds. The molecule has 0 spiro atoms. The monoisotopic (exact) mass is 224 g/mol. The number of nitrogens with zero attached hydrogens (tertiary/aromatic N) is 3. The van der Waals surface area contributed by atoms with E-state index in [4.69, 9.17) is 0 Å². The minimum absolute atomic E-state index is 0.188. The SMILES string of the molecule is CCC(CNC(C)(C)C)Cc1ncnn1C. The maximum absolute atomic E-state index is 4.27. The lowest BCUT2D eigenvalue weighted by Crippen LogP contribution is -2.39. The molecule has 0 aliphatic heterocycles. The predicted molar refractivity (Wildman–Crippen MR) is 66.2 cm³/mol.